The van der Waals surface area contributed by atoms with Gasteiger partial charge in [-0.2, -0.15) is 0 Å². The van der Waals surface area contributed by atoms with Gasteiger partial charge < -0.3 is 4.90 Å². The lowest BCUT2D eigenvalue weighted by Gasteiger charge is -2.35. The summed E-state index contributed by atoms with van der Waals surface area (Å²) in [6.45, 7) is 10.0. The first-order valence-electron chi connectivity index (χ1n) is 9.48. The Bertz CT molecular complexity index is 255. The van der Waals surface area contributed by atoms with Crippen LogP contribution in [-0.2, 0) is 0 Å². The second kappa shape index (κ2) is 13.9. The molecule has 1 aliphatic heterocycles. The number of urea groups is 1. The van der Waals surface area contributed by atoms with Gasteiger partial charge in [-0.1, -0.05) is 72.6 Å². The van der Waals surface area contributed by atoms with Gasteiger partial charge in [0.2, 0.25) is 0 Å². The van der Waals surface area contributed by atoms with Gasteiger partial charge in [0.25, 0.3) is 0 Å². The Kier molecular flexibility index (Phi) is 13.4. The van der Waals surface area contributed by atoms with Crippen LogP contribution >= 0.6 is 0 Å². The third-order valence-corrected chi connectivity index (χ3v) is 4.52. The minimum Gasteiger partial charge on any atom is -0.324 e. The number of carbonyl (C=O) groups excluding carboxylic acids is 1. The number of rotatable bonds is 1. The van der Waals surface area contributed by atoms with E-state index in [1.807, 2.05) is 18.7 Å². The van der Waals surface area contributed by atoms with Crippen LogP contribution in [0.3, 0.4) is 0 Å². The molecule has 0 atom stereocenters. The maximum atomic E-state index is 11.4. The molecule has 22 heavy (non-hydrogen) atoms. The summed E-state index contributed by atoms with van der Waals surface area (Å²) in [5.74, 6) is 6.92. The molecule has 2 amide bonds. The Hall–Kier alpha value is -0.770. The molecule has 4 heteroatoms. The molecule has 2 fully saturated rings. The van der Waals surface area contributed by atoms with Crippen molar-refractivity contribution >= 4 is 6.03 Å². The second-order valence-corrected chi connectivity index (χ2v) is 6.23. The summed E-state index contributed by atoms with van der Waals surface area (Å²) in [4.78, 5) is 13.2. The highest BCUT2D eigenvalue weighted by Gasteiger charge is 2.28. The Morgan fingerprint density at radius 2 is 1.36 bits per heavy atom. The number of carbonyl (C=O) groups is 1. The van der Waals surface area contributed by atoms with Gasteiger partial charge in [-0.15, -0.1) is 0 Å². The van der Waals surface area contributed by atoms with Gasteiger partial charge >= 0.3 is 6.03 Å². The summed E-state index contributed by atoms with van der Waals surface area (Å²) in [6, 6.07) is -0.121. The summed E-state index contributed by atoms with van der Waals surface area (Å²) in [7, 11) is 0. The van der Waals surface area contributed by atoms with Gasteiger partial charge in [0.1, 0.15) is 0 Å². The van der Waals surface area contributed by atoms with E-state index in [1.54, 1.807) is 0 Å². The Labute approximate surface area is 138 Å². The molecule has 2 aliphatic rings. The molecule has 0 aromatic rings. The third-order valence-electron chi connectivity index (χ3n) is 4.52. The molecule has 0 aromatic heterocycles. The van der Waals surface area contributed by atoms with Gasteiger partial charge in [0.05, 0.1) is 0 Å². The summed E-state index contributed by atoms with van der Waals surface area (Å²) >= 11 is 0. The van der Waals surface area contributed by atoms with Crippen LogP contribution < -0.4 is 11.3 Å². The van der Waals surface area contributed by atoms with E-state index in [0.29, 0.717) is 0 Å². The number of amides is 2. The standard InChI is InChI=1S/C13H25N3O.C3H8.C2H6/c14-15-13(17)16-9-7-12(8-10-16)11-5-3-1-2-4-6-11;1-3-2;1-2/h11-12H,1-10,14H2,(H,15,17);3H2,1-2H3;1-2H3. The van der Waals surface area contributed by atoms with Crippen molar-refractivity contribution in [3.8, 4) is 0 Å². The van der Waals surface area contributed by atoms with Gasteiger partial charge in [-0.3, -0.25) is 5.43 Å². The second-order valence-electron chi connectivity index (χ2n) is 6.23. The van der Waals surface area contributed by atoms with Crippen LogP contribution in [0.5, 0.6) is 0 Å². The molecule has 132 valence electrons. The number of hydrogen-bond donors (Lipinski definition) is 2. The Morgan fingerprint density at radius 3 is 1.77 bits per heavy atom. The van der Waals surface area contributed by atoms with Crippen molar-refractivity contribution in [3.05, 3.63) is 0 Å². The minimum atomic E-state index is -0.121. The Balaban J connectivity index is 0.000000789. The van der Waals surface area contributed by atoms with Gasteiger partial charge in [0, 0.05) is 13.1 Å². The number of likely N-dealkylation sites (tertiary alicyclic amines) is 1. The summed E-state index contributed by atoms with van der Waals surface area (Å²) < 4.78 is 0. The van der Waals surface area contributed by atoms with Crippen molar-refractivity contribution in [3.63, 3.8) is 0 Å². The van der Waals surface area contributed by atoms with Crippen molar-refractivity contribution in [2.45, 2.75) is 85.5 Å². The zero-order valence-corrected chi connectivity index (χ0v) is 15.4. The Morgan fingerprint density at radius 1 is 0.955 bits per heavy atom. The molecule has 0 spiro atoms. The summed E-state index contributed by atoms with van der Waals surface area (Å²) in [5.41, 5.74) is 2.23. The van der Waals surface area contributed by atoms with Crippen molar-refractivity contribution < 1.29 is 4.79 Å². The molecule has 1 aliphatic carbocycles. The van der Waals surface area contributed by atoms with E-state index in [0.717, 1.165) is 37.8 Å². The number of nitrogens with two attached hydrogens (primary N) is 1. The minimum absolute atomic E-state index is 0.121. The van der Waals surface area contributed by atoms with Gasteiger partial charge in [-0.25, -0.2) is 10.6 Å². The lowest BCUT2D eigenvalue weighted by molar-refractivity contribution is 0.144. The lowest BCUT2D eigenvalue weighted by atomic mass is 9.80. The van der Waals surface area contributed by atoms with Crippen LogP contribution in [0.15, 0.2) is 0 Å². The quantitative estimate of drug-likeness (QED) is 0.319. The molecule has 1 saturated heterocycles. The molecule has 0 radical (unpaired) electrons. The third kappa shape index (κ3) is 8.02. The van der Waals surface area contributed by atoms with Crippen LogP contribution in [0.25, 0.3) is 0 Å². The van der Waals surface area contributed by atoms with Crippen LogP contribution in [-0.4, -0.2) is 24.0 Å². The highest BCUT2D eigenvalue weighted by Crippen LogP contribution is 2.34. The highest BCUT2D eigenvalue weighted by molar-refractivity contribution is 5.73. The SMILES string of the molecule is CC.CCC.NNC(=O)N1CCC(C2CCCCCC2)CC1. The molecular weight excluding hydrogens is 274 g/mol. The first-order valence-corrected chi connectivity index (χ1v) is 9.48. The normalized spacial score (nSPS) is 20.0. The van der Waals surface area contributed by atoms with Crippen LogP contribution in [0, 0.1) is 11.8 Å². The molecule has 4 nitrogen and oxygen atoms in total. The van der Waals surface area contributed by atoms with E-state index in [2.05, 4.69) is 19.3 Å². The van der Waals surface area contributed by atoms with Crippen molar-refractivity contribution in [1.82, 2.24) is 10.3 Å². The summed E-state index contributed by atoms with van der Waals surface area (Å²) in [5, 5.41) is 0. The maximum Gasteiger partial charge on any atom is 0.331 e. The first-order chi connectivity index (χ1) is 10.7. The lowest BCUT2D eigenvalue weighted by Crippen LogP contribution is -2.47. The molecular formula is C18H39N3O. The predicted octanol–water partition coefficient (Wildman–Crippen LogP) is 4.69. The molecule has 1 saturated carbocycles. The number of hydrogen-bond acceptors (Lipinski definition) is 2. The van der Waals surface area contributed by atoms with Crippen LogP contribution in [0.1, 0.15) is 85.5 Å². The molecule has 1 heterocycles. The molecule has 0 unspecified atom stereocenters. The highest BCUT2D eigenvalue weighted by atomic mass is 16.2. The van der Waals surface area contributed by atoms with Gasteiger partial charge in [-0.05, 0) is 24.7 Å². The zero-order chi connectivity index (χ0) is 16.8. The molecule has 3 N–H and O–H groups in total. The van der Waals surface area contributed by atoms with E-state index >= 15 is 0 Å². The van der Waals surface area contributed by atoms with E-state index in [-0.39, 0.29) is 6.03 Å². The summed E-state index contributed by atoms with van der Waals surface area (Å²) in [6.07, 6.45) is 12.1. The van der Waals surface area contributed by atoms with Crippen molar-refractivity contribution in [2.75, 3.05) is 13.1 Å². The monoisotopic (exact) mass is 313 g/mol. The number of piperidine rings is 1. The van der Waals surface area contributed by atoms with Crippen LogP contribution in [0.2, 0.25) is 0 Å². The molecule has 0 aromatic carbocycles. The fourth-order valence-corrected chi connectivity index (χ4v) is 3.45. The van der Waals surface area contributed by atoms with E-state index in [9.17, 15) is 4.79 Å². The van der Waals surface area contributed by atoms with E-state index in [4.69, 9.17) is 5.84 Å². The van der Waals surface area contributed by atoms with E-state index < -0.39 is 0 Å². The number of hydrazine groups is 1. The number of nitrogens with zero attached hydrogens (tertiary/aromatic N) is 1. The van der Waals surface area contributed by atoms with E-state index in [1.165, 1.54) is 44.9 Å². The fraction of sp³-hybridized carbons (Fsp3) is 0.944. The van der Waals surface area contributed by atoms with Crippen molar-refractivity contribution in [2.24, 2.45) is 17.7 Å². The zero-order valence-electron chi connectivity index (χ0n) is 15.4. The molecule has 0 bridgehead atoms. The van der Waals surface area contributed by atoms with Gasteiger partial charge in [0.15, 0.2) is 0 Å². The average Bonchev–Trinajstić information content (AvgIpc) is 2.86. The predicted molar refractivity (Wildman–Crippen MR) is 95.5 cm³/mol. The van der Waals surface area contributed by atoms with Crippen LogP contribution in [0.4, 0.5) is 4.79 Å². The largest absolute Gasteiger partial charge is 0.331 e. The topological polar surface area (TPSA) is 58.4 Å². The van der Waals surface area contributed by atoms with Crippen molar-refractivity contribution in [1.29, 1.82) is 0 Å². The first kappa shape index (κ1) is 21.2. The smallest absolute Gasteiger partial charge is 0.324 e. The number of nitrogens with one attached hydrogen (secondary N) is 1. The average molecular weight is 314 g/mol. The maximum absolute atomic E-state index is 11.4. The fourth-order valence-electron chi connectivity index (χ4n) is 3.45. The molecule has 2 rings (SSSR count).